The van der Waals surface area contributed by atoms with E-state index in [0.29, 0.717) is 33.2 Å². The minimum absolute atomic E-state index is 0.0129. The molecule has 36 heavy (non-hydrogen) atoms. The van der Waals surface area contributed by atoms with Crippen molar-refractivity contribution in [3.8, 4) is 0 Å². The molecule has 0 aromatic rings. The molecule has 0 saturated heterocycles. The molecule has 6 nitrogen and oxygen atoms in total. The molecule has 0 aromatic heterocycles. The van der Waals surface area contributed by atoms with Gasteiger partial charge in [-0.1, -0.05) is 88.2 Å². The Labute approximate surface area is 226 Å². The first kappa shape index (κ1) is 33.9. The fraction of sp³-hybridized carbons (Fsp3) is 1.00. The van der Waals surface area contributed by atoms with Crippen LogP contribution in [-0.4, -0.2) is 43.4 Å². The highest BCUT2D eigenvalue weighted by Gasteiger charge is 2.54. The van der Waals surface area contributed by atoms with Crippen molar-refractivity contribution in [2.75, 3.05) is 0 Å². The molecule has 4 atom stereocenters. The zero-order valence-corrected chi connectivity index (χ0v) is 29.3. The van der Waals surface area contributed by atoms with E-state index < -0.39 is 31.2 Å². The predicted octanol–water partition coefficient (Wildman–Crippen LogP) is 10.0. The Morgan fingerprint density at radius 1 is 0.667 bits per heavy atom. The predicted molar refractivity (Wildman–Crippen MR) is 162 cm³/mol. The lowest BCUT2D eigenvalue weighted by Gasteiger charge is -2.47. The van der Waals surface area contributed by atoms with Crippen LogP contribution in [0.15, 0.2) is 5.11 Å². The third-order valence-corrected chi connectivity index (χ3v) is 21.9. The van der Waals surface area contributed by atoms with Crippen LogP contribution in [-0.2, 0) is 13.3 Å². The second kappa shape index (κ2) is 13.3. The SMILES string of the molecule is CC(C)[Si](OC(N=[N+]=[N-])[C@@H]1CC[C@@H](O[Si](C(C)C)(C(C)C)C(C)C)[C@@H]1O[Si](C)(C)C)(C(C)C)C(C)C. The Morgan fingerprint density at radius 2 is 1.08 bits per heavy atom. The molecule has 1 fully saturated rings. The summed E-state index contributed by atoms with van der Waals surface area (Å²) in [4.78, 5) is 3.30. The van der Waals surface area contributed by atoms with Crippen molar-refractivity contribution < 1.29 is 13.3 Å². The molecule has 0 bridgehead atoms. The van der Waals surface area contributed by atoms with Gasteiger partial charge in [0.05, 0.1) is 12.2 Å². The van der Waals surface area contributed by atoms with Crippen molar-refractivity contribution in [1.82, 2.24) is 0 Å². The Bertz CT molecular complexity index is 688. The number of nitrogens with zero attached hydrogens (tertiary/aromatic N) is 3. The van der Waals surface area contributed by atoms with E-state index in [1.54, 1.807) is 0 Å². The molecule has 0 aliphatic heterocycles. The van der Waals surface area contributed by atoms with Crippen molar-refractivity contribution in [2.45, 2.75) is 167 Å². The fourth-order valence-electron chi connectivity index (χ4n) is 7.50. The molecule has 1 rings (SSSR count). The molecule has 0 amide bonds. The first-order valence-corrected chi connectivity index (χ1v) is 22.1. The van der Waals surface area contributed by atoms with Crippen molar-refractivity contribution in [3.63, 3.8) is 0 Å². The highest BCUT2D eigenvalue weighted by Crippen LogP contribution is 2.49. The zero-order chi connectivity index (χ0) is 28.2. The van der Waals surface area contributed by atoms with Gasteiger partial charge in [-0.2, -0.15) is 0 Å². The largest absolute Gasteiger partial charge is 0.412 e. The highest BCUT2D eigenvalue weighted by atomic mass is 28.4. The quantitative estimate of drug-likeness (QED) is 0.0922. The van der Waals surface area contributed by atoms with Crippen molar-refractivity contribution in [2.24, 2.45) is 11.0 Å². The second-order valence-electron chi connectivity index (χ2n) is 13.9. The summed E-state index contributed by atoms with van der Waals surface area (Å²) in [5.74, 6) is 0.0129. The van der Waals surface area contributed by atoms with Crippen LogP contribution in [0.1, 0.15) is 95.9 Å². The van der Waals surface area contributed by atoms with E-state index in [1.165, 1.54) is 0 Å². The van der Waals surface area contributed by atoms with Crippen LogP contribution in [0.25, 0.3) is 10.4 Å². The van der Waals surface area contributed by atoms with Crippen LogP contribution in [0.2, 0.25) is 52.9 Å². The lowest BCUT2D eigenvalue weighted by atomic mass is 10.0. The van der Waals surface area contributed by atoms with Crippen LogP contribution in [0, 0.1) is 5.92 Å². The summed E-state index contributed by atoms with van der Waals surface area (Å²) in [6, 6.07) is 0. The van der Waals surface area contributed by atoms with E-state index in [4.69, 9.17) is 13.3 Å². The maximum atomic E-state index is 9.64. The van der Waals surface area contributed by atoms with Crippen LogP contribution in [0.3, 0.4) is 0 Å². The van der Waals surface area contributed by atoms with Crippen LogP contribution < -0.4 is 0 Å². The Morgan fingerprint density at radius 3 is 1.42 bits per heavy atom. The molecule has 1 aliphatic carbocycles. The van der Waals surface area contributed by atoms with E-state index in [9.17, 15) is 5.53 Å². The molecular formula is C27H59N3O3Si3. The number of hydrogen-bond donors (Lipinski definition) is 0. The van der Waals surface area contributed by atoms with E-state index in [0.717, 1.165) is 12.8 Å². The van der Waals surface area contributed by atoms with Gasteiger partial charge < -0.3 is 13.3 Å². The molecule has 1 aliphatic rings. The number of azide groups is 1. The van der Waals surface area contributed by atoms with Crippen LogP contribution in [0.4, 0.5) is 0 Å². The smallest absolute Gasteiger partial charge is 0.201 e. The van der Waals surface area contributed by atoms with Gasteiger partial charge in [0.2, 0.25) is 16.6 Å². The topological polar surface area (TPSA) is 76.5 Å². The summed E-state index contributed by atoms with van der Waals surface area (Å²) in [5.41, 5.74) is 12.4. The fourth-order valence-corrected chi connectivity index (χ4v) is 19.7. The summed E-state index contributed by atoms with van der Waals surface area (Å²) in [5, 5.41) is 4.34. The molecule has 0 heterocycles. The average Bonchev–Trinajstić information content (AvgIpc) is 3.07. The minimum atomic E-state index is -2.25. The van der Waals surface area contributed by atoms with Gasteiger partial charge in [0.15, 0.2) is 8.32 Å². The standard InChI is InChI=1S/C27H59N3O3Si3/c1-18(2)35(19(3)4,20(5)6)31-25-17-16-24(26(25)32-34(13,14)15)27(29-30-28)33-36(21(7)8,22(9)10)23(11)12/h18-27H,16-17H2,1-15H3/t24-,25-,26-,27?/m1/s1. The Hall–Kier alpha value is -0.159. The first-order chi connectivity index (χ1) is 16.4. The zero-order valence-electron chi connectivity index (χ0n) is 26.3. The highest BCUT2D eigenvalue weighted by molar-refractivity contribution is 6.78. The summed E-state index contributed by atoms with van der Waals surface area (Å²) in [6.07, 6.45) is 1.24. The molecule has 0 spiro atoms. The van der Waals surface area contributed by atoms with Gasteiger partial charge in [0.1, 0.15) is 6.23 Å². The summed E-state index contributed by atoms with van der Waals surface area (Å²) < 4.78 is 21.4. The van der Waals surface area contributed by atoms with E-state index in [2.05, 4.69) is 113 Å². The van der Waals surface area contributed by atoms with Gasteiger partial charge in [0, 0.05) is 10.8 Å². The van der Waals surface area contributed by atoms with Gasteiger partial charge >= 0.3 is 0 Å². The van der Waals surface area contributed by atoms with Gasteiger partial charge in [-0.15, -0.1) is 0 Å². The van der Waals surface area contributed by atoms with Gasteiger partial charge in [0.25, 0.3) is 0 Å². The maximum Gasteiger partial charge on any atom is 0.201 e. The lowest BCUT2D eigenvalue weighted by molar-refractivity contribution is -0.00127. The third kappa shape index (κ3) is 7.27. The van der Waals surface area contributed by atoms with Crippen molar-refractivity contribution >= 4 is 25.0 Å². The maximum absolute atomic E-state index is 9.64. The summed E-state index contributed by atoms with van der Waals surface area (Å²) >= 11 is 0. The summed E-state index contributed by atoms with van der Waals surface area (Å²) in [7, 11) is -6.24. The first-order valence-electron chi connectivity index (χ1n) is 14.5. The number of rotatable bonds is 14. The molecule has 1 saturated carbocycles. The van der Waals surface area contributed by atoms with E-state index in [1.807, 2.05) is 0 Å². The monoisotopic (exact) mass is 557 g/mol. The molecule has 212 valence electrons. The van der Waals surface area contributed by atoms with Crippen molar-refractivity contribution in [1.29, 1.82) is 0 Å². The minimum Gasteiger partial charge on any atom is -0.412 e. The van der Waals surface area contributed by atoms with Gasteiger partial charge in [-0.3, -0.25) is 0 Å². The lowest BCUT2D eigenvalue weighted by Crippen LogP contribution is -2.55. The average molecular weight is 558 g/mol. The molecular weight excluding hydrogens is 499 g/mol. The van der Waals surface area contributed by atoms with E-state index in [-0.39, 0.29) is 18.1 Å². The number of hydrogen-bond acceptors (Lipinski definition) is 4. The van der Waals surface area contributed by atoms with Gasteiger partial charge in [-0.25, -0.2) is 0 Å². The Balaban J connectivity index is 3.55. The summed E-state index contributed by atoms with van der Waals surface area (Å²) in [6.45, 7) is 34.5. The molecule has 0 aromatic carbocycles. The third-order valence-electron chi connectivity index (χ3n) is 8.69. The van der Waals surface area contributed by atoms with Crippen LogP contribution in [0.5, 0.6) is 0 Å². The normalized spacial score (nSPS) is 23.0. The molecule has 9 heteroatoms. The molecule has 1 unspecified atom stereocenters. The van der Waals surface area contributed by atoms with Gasteiger partial charge in [-0.05, 0) is 71.3 Å². The van der Waals surface area contributed by atoms with E-state index >= 15 is 0 Å². The van der Waals surface area contributed by atoms with Crippen LogP contribution >= 0.6 is 0 Å². The van der Waals surface area contributed by atoms with Crippen molar-refractivity contribution in [3.05, 3.63) is 10.4 Å². The molecule has 0 N–H and O–H groups in total. The second-order valence-corrected chi connectivity index (χ2v) is 29.2. The Kier molecular flexibility index (Phi) is 12.5. The molecule has 0 radical (unpaired) electrons.